The Labute approximate surface area is 103 Å². The van der Waals surface area contributed by atoms with Crippen molar-refractivity contribution < 1.29 is 9.59 Å². The molecule has 1 N–H and O–H groups in total. The van der Waals surface area contributed by atoms with Crippen LogP contribution in [0.2, 0.25) is 0 Å². The number of piperidine rings is 1. The van der Waals surface area contributed by atoms with Gasteiger partial charge in [0.1, 0.15) is 0 Å². The van der Waals surface area contributed by atoms with E-state index < -0.39 is 0 Å². The zero-order valence-electron chi connectivity index (χ0n) is 11.5. The summed E-state index contributed by atoms with van der Waals surface area (Å²) in [5.41, 5.74) is 0.00530. The Hall–Kier alpha value is -0.860. The molecule has 96 valence electrons. The third kappa shape index (κ3) is 1.90. The van der Waals surface area contributed by atoms with E-state index in [0.29, 0.717) is 0 Å². The van der Waals surface area contributed by atoms with Gasteiger partial charge in [-0.1, -0.05) is 34.6 Å². The van der Waals surface area contributed by atoms with Crippen LogP contribution in [0.4, 0.5) is 0 Å². The minimum absolute atomic E-state index is 0.0342. The molecule has 3 heteroatoms. The lowest BCUT2D eigenvalue weighted by Gasteiger charge is -2.45. The maximum Gasteiger partial charge on any atom is 0.230 e. The minimum atomic E-state index is -0.0880. The first-order chi connectivity index (χ1) is 7.64. The minimum Gasteiger partial charge on any atom is -0.296 e. The quantitative estimate of drug-likeness (QED) is 0.657. The van der Waals surface area contributed by atoms with Gasteiger partial charge in [-0.15, -0.1) is 0 Å². The molecule has 0 bridgehead atoms. The summed E-state index contributed by atoms with van der Waals surface area (Å²) in [6.45, 7) is 10.7. The van der Waals surface area contributed by atoms with E-state index in [-0.39, 0.29) is 40.4 Å². The van der Waals surface area contributed by atoms with E-state index in [1.807, 2.05) is 0 Å². The number of imide groups is 1. The van der Waals surface area contributed by atoms with Gasteiger partial charge in [-0.3, -0.25) is 14.9 Å². The number of hydrogen-bond donors (Lipinski definition) is 1. The van der Waals surface area contributed by atoms with Gasteiger partial charge in [-0.25, -0.2) is 0 Å². The highest BCUT2D eigenvalue weighted by Gasteiger charge is 2.56. The van der Waals surface area contributed by atoms with Crippen LogP contribution < -0.4 is 5.32 Å². The lowest BCUT2D eigenvalue weighted by molar-refractivity contribution is -0.149. The van der Waals surface area contributed by atoms with E-state index >= 15 is 0 Å². The summed E-state index contributed by atoms with van der Waals surface area (Å²) in [7, 11) is 0. The second-order valence-electron chi connectivity index (χ2n) is 7.36. The van der Waals surface area contributed by atoms with Crippen molar-refractivity contribution in [3.63, 3.8) is 0 Å². The molecule has 1 heterocycles. The molecular formula is C14H23NO2. The Morgan fingerprint density at radius 2 is 1.76 bits per heavy atom. The molecule has 1 aliphatic heterocycles. The SMILES string of the molecule is CC(C)(C)C1C(=O)NC(=O)C2CCC(C)(C)C21. The van der Waals surface area contributed by atoms with Crippen LogP contribution in [0.1, 0.15) is 47.5 Å². The molecule has 2 fully saturated rings. The van der Waals surface area contributed by atoms with Gasteiger partial charge >= 0.3 is 0 Å². The third-order valence-electron chi connectivity index (χ3n) is 4.59. The molecule has 3 unspecified atom stereocenters. The maximum atomic E-state index is 12.1. The van der Waals surface area contributed by atoms with Gasteiger partial charge in [0.15, 0.2) is 0 Å². The molecule has 1 saturated heterocycles. The molecule has 2 aliphatic rings. The Morgan fingerprint density at radius 3 is 2.29 bits per heavy atom. The fourth-order valence-electron chi connectivity index (χ4n) is 3.78. The highest BCUT2D eigenvalue weighted by atomic mass is 16.2. The third-order valence-corrected chi connectivity index (χ3v) is 4.59. The van der Waals surface area contributed by atoms with E-state index in [9.17, 15) is 9.59 Å². The van der Waals surface area contributed by atoms with Gasteiger partial charge in [0.2, 0.25) is 11.8 Å². The number of fused-ring (bicyclic) bond motifs is 1. The highest BCUT2D eigenvalue weighted by Crippen LogP contribution is 2.55. The first kappa shape index (κ1) is 12.6. The molecular weight excluding hydrogens is 214 g/mol. The summed E-state index contributed by atoms with van der Waals surface area (Å²) in [5.74, 6) is 0.0585. The molecule has 3 atom stereocenters. The standard InChI is InChI=1S/C14H23NO2/c1-13(2,3)10-9-8(6-7-14(9,4)5)11(16)15-12(10)17/h8-10H,6-7H2,1-5H3,(H,15,16,17). The number of hydrogen-bond acceptors (Lipinski definition) is 2. The zero-order valence-corrected chi connectivity index (χ0v) is 11.5. The first-order valence-corrected chi connectivity index (χ1v) is 6.49. The topological polar surface area (TPSA) is 46.2 Å². The summed E-state index contributed by atoms with van der Waals surface area (Å²) >= 11 is 0. The van der Waals surface area contributed by atoms with Crippen molar-refractivity contribution in [3.8, 4) is 0 Å². The summed E-state index contributed by atoms with van der Waals surface area (Å²) in [4.78, 5) is 24.1. The average molecular weight is 237 g/mol. The molecule has 0 aromatic heterocycles. The van der Waals surface area contributed by atoms with Gasteiger partial charge < -0.3 is 0 Å². The number of nitrogens with one attached hydrogen (secondary N) is 1. The van der Waals surface area contributed by atoms with Crippen LogP contribution in [0.25, 0.3) is 0 Å². The second-order valence-corrected chi connectivity index (χ2v) is 7.36. The van der Waals surface area contributed by atoms with Crippen molar-refractivity contribution in [1.82, 2.24) is 5.32 Å². The molecule has 0 aromatic carbocycles. The van der Waals surface area contributed by atoms with Crippen molar-refractivity contribution in [3.05, 3.63) is 0 Å². The van der Waals surface area contributed by atoms with Crippen LogP contribution in [-0.2, 0) is 9.59 Å². The number of carbonyl (C=O) groups is 2. The van der Waals surface area contributed by atoms with Gasteiger partial charge in [0, 0.05) is 11.8 Å². The van der Waals surface area contributed by atoms with E-state index in [2.05, 4.69) is 39.9 Å². The molecule has 2 amide bonds. The Balaban J connectivity index is 2.43. The molecule has 0 spiro atoms. The van der Waals surface area contributed by atoms with Gasteiger partial charge in [0.25, 0.3) is 0 Å². The summed E-state index contributed by atoms with van der Waals surface area (Å²) in [6, 6.07) is 0. The van der Waals surface area contributed by atoms with Gasteiger partial charge in [-0.2, -0.15) is 0 Å². The Bertz CT molecular complexity index is 365. The van der Waals surface area contributed by atoms with Crippen molar-refractivity contribution in [2.24, 2.45) is 28.6 Å². The molecule has 2 rings (SSSR count). The van der Waals surface area contributed by atoms with Crippen molar-refractivity contribution in [1.29, 1.82) is 0 Å². The lowest BCUT2D eigenvalue weighted by Crippen LogP contribution is -2.56. The lowest BCUT2D eigenvalue weighted by atomic mass is 9.61. The summed E-state index contributed by atoms with van der Waals surface area (Å²) in [5, 5.41) is 2.57. The number of amides is 2. The number of carbonyl (C=O) groups excluding carboxylic acids is 2. The fourth-order valence-corrected chi connectivity index (χ4v) is 3.78. The van der Waals surface area contributed by atoms with Crippen LogP contribution in [0.3, 0.4) is 0 Å². The molecule has 1 saturated carbocycles. The van der Waals surface area contributed by atoms with Gasteiger partial charge in [-0.05, 0) is 29.6 Å². The largest absolute Gasteiger partial charge is 0.296 e. The van der Waals surface area contributed by atoms with Crippen molar-refractivity contribution >= 4 is 11.8 Å². The maximum absolute atomic E-state index is 12.1. The van der Waals surface area contributed by atoms with Crippen LogP contribution in [-0.4, -0.2) is 11.8 Å². The normalized spacial score (nSPS) is 36.6. The van der Waals surface area contributed by atoms with Crippen molar-refractivity contribution in [2.45, 2.75) is 47.5 Å². The zero-order chi connectivity index (χ0) is 13.0. The molecule has 1 aliphatic carbocycles. The van der Waals surface area contributed by atoms with Crippen LogP contribution in [0.15, 0.2) is 0 Å². The molecule has 17 heavy (non-hydrogen) atoms. The fraction of sp³-hybridized carbons (Fsp3) is 0.857. The van der Waals surface area contributed by atoms with Crippen molar-refractivity contribution in [2.75, 3.05) is 0 Å². The molecule has 3 nitrogen and oxygen atoms in total. The monoisotopic (exact) mass is 237 g/mol. The van der Waals surface area contributed by atoms with E-state index in [4.69, 9.17) is 0 Å². The number of rotatable bonds is 0. The van der Waals surface area contributed by atoms with Crippen LogP contribution in [0.5, 0.6) is 0 Å². The molecule has 0 radical (unpaired) electrons. The first-order valence-electron chi connectivity index (χ1n) is 6.49. The second kappa shape index (κ2) is 3.56. The summed E-state index contributed by atoms with van der Waals surface area (Å²) in [6.07, 6.45) is 1.96. The summed E-state index contributed by atoms with van der Waals surface area (Å²) < 4.78 is 0. The van der Waals surface area contributed by atoms with Gasteiger partial charge in [0.05, 0.1) is 0 Å². The Kier molecular flexibility index (Phi) is 2.64. The smallest absolute Gasteiger partial charge is 0.230 e. The molecule has 0 aromatic rings. The predicted octanol–water partition coefficient (Wildman–Crippen LogP) is 2.36. The van der Waals surface area contributed by atoms with Crippen LogP contribution in [0, 0.1) is 28.6 Å². The predicted molar refractivity (Wildman–Crippen MR) is 66.1 cm³/mol. The van der Waals surface area contributed by atoms with E-state index in [1.165, 1.54) is 0 Å². The Morgan fingerprint density at radius 1 is 1.18 bits per heavy atom. The van der Waals surface area contributed by atoms with E-state index in [0.717, 1.165) is 12.8 Å². The highest BCUT2D eigenvalue weighted by molar-refractivity contribution is 6.01. The van der Waals surface area contributed by atoms with E-state index in [1.54, 1.807) is 0 Å². The van der Waals surface area contributed by atoms with Crippen LogP contribution >= 0.6 is 0 Å². The average Bonchev–Trinajstić information content (AvgIpc) is 2.41.